The first-order chi connectivity index (χ1) is 5.27. The van der Waals surface area contributed by atoms with Crippen molar-refractivity contribution in [3.05, 3.63) is 12.2 Å². The minimum atomic E-state index is -0.535. The summed E-state index contributed by atoms with van der Waals surface area (Å²) < 4.78 is 0. The van der Waals surface area contributed by atoms with Gasteiger partial charge in [0.15, 0.2) is 0 Å². The van der Waals surface area contributed by atoms with E-state index in [1.807, 2.05) is 12.2 Å². The van der Waals surface area contributed by atoms with Crippen LogP contribution in [0.4, 0.5) is 0 Å². The van der Waals surface area contributed by atoms with Crippen molar-refractivity contribution in [2.24, 2.45) is 0 Å². The molecule has 0 aromatic heterocycles. The Kier molecular flexibility index (Phi) is 3.41. The molecule has 1 nitrogen and oxygen atoms in total. The van der Waals surface area contributed by atoms with E-state index in [4.69, 9.17) is 11.6 Å². The van der Waals surface area contributed by atoms with E-state index in [0.29, 0.717) is 5.88 Å². The second-order valence-electron chi connectivity index (χ2n) is 3.22. The van der Waals surface area contributed by atoms with E-state index in [2.05, 4.69) is 0 Å². The first kappa shape index (κ1) is 9.08. The van der Waals surface area contributed by atoms with Gasteiger partial charge in [-0.2, -0.15) is 0 Å². The number of rotatable bonds is 2. The largest absolute Gasteiger partial charge is 0.386 e. The Balaban J connectivity index is 2.43. The normalized spacial score (nSPS) is 24.2. The van der Waals surface area contributed by atoms with Crippen LogP contribution in [0.1, 0.15) is 32.1 Å². The smallest absolute Gasteiger partial charge is 0.0828 e. The minimum Gasteiger partial charge on any atom is -0.386 e. The van der Waals surface area contributed by atoms with E-state index >= 15 is 0 Å². The highest BCUT2D eigenvalue weighted by molar-refractivity contribution is 6.18. The highest BCUT2D eigenvalue weighted by atomic mass is 35.5. The Morgan fingerprint density at radius 3 is 2.45 bits per heavy atom. The molecule has 0 radical (unpaired) electrons. The Labute approximate surface area is 73.1 Å². The summed E-state index contributed by atoms with van der Waals surface area (Å²) >= 11 is 5.48. The van der Waals surface area contributed by atoms with E-state index < -0.39 is 5.60 Å². The van der Waals surface area contributed by atoms with Crippen LogP contribution in [-0.2, 0) is 0 Å². The van der Waals surface area contributed by atoms with E-state index in [9.17, 15) is 5.11 Å². The molecule has 1 fully saturated rings. The van der Waals surface area contributed by atoms with Crippen molar-refractivity contribution in [1.29, 1.82) is 0 Å². The van der Waals surface area contributed by atoms with Crippen molar-refractivity contribution >= 4 is 11.6 Å². The average Bonchev–Trinajstić information content (AvgIpc) is 2.03. The maximum Gasteiger partial charge on any atom is 0.0828 e. The fraction of sp³-hybridized carbons (Fsp3) is 0.778. The van der Waals surface area contributed by atoms with Crippen LogP contribution in [0.25, 0.3) is 0 Å². The molecule has 11 heavy (non-hydrogen) atoms. The first-order valence-corrected chi connectivity index (χ1v) is 4.76. The quantitative estimate of drug-likeness (QED) is 0.504. The van der Waals surface area contributed by atoms with Gasteiger partial charge in [0.2, 0.25) is 0 Å². The fourth-order valence-corrected chi connectivity index (χ4v) is 1.68. The van der Waals surface area contributed by atoms with E-state index in [-0.39, 0.29) is 0 Å². The molecule has 0 spiro atoms. The zero-order valence-electron chi connectivity index (χ0n) is 6.72. The molecule has 1 aliphatic rings. The Bertz CT molecular complexity index is 136. The molecule has 64 valence electrons. The van der Waals surface area contributed by atoms with Crippen LogP contribution < -0.4 is 0 Å². The van der Waals surface area contributed by atoms with Crippen molar-refractivity contribution < 1.29 is 5.11 Å². The summed E-state index contributed by atoms with van der Waals surface area (Å²) in [6.45, 7) is 0. The number of hydrogen-bond acceptors (Lipinski definition) is 1. The molecule has 0 amide bonds. The van der Waals surface area contributed by atoms with Gasteiger partial charge in [0.1, 0.15) is 0 Å². The van der Waals surface area contributed by atoms with Crippen molar-refractivity contribution in [1.82, 2.24) is 0 Å². The topological polar surface area (TPSA) is 20.2 Å². The van der Waals surface area contributed by atoms with Crippen LogP contribution in [0.2, 0.25) is 0 Å². The third-order valence-corrected chi connectivity index (χ3v) is 2.41. The molecule has 0 bridgehead atoms. The summed E-state index contributed by atoms with van der Waals surface area (Å²) in [5, 5.41) is 9.86. The minimum absolute atomic E-state index is 0.502. The third-order valence-electron chi connectivity index (χ3n) is 2.24. The van der Waals surface area contributed by atoms with E-state index in [1.54, 1.807) is 0 Å². The molecule has 0 saturated heterocycles. The lowest BCUT2D eigenvalue weighted by molar-refractivity contribution is 0.0512. The highest BCUT2D eigenvalue weighted by Crippen LogP contribution is 2.28. The van der Waals surface area contributed by atoms with Crippen molar-refractivity contribution in [3.63, 3.8) is 0 Å². The Morgan fingerprint density at radius 2 is 1.91 bits per heavy atom. The van der Waals surface area contributed by atoms with E-state index in [0.717, 1.165) is 25.7 Å². The van der Waals surface area contributed by atoms with Gasteiger partial charge in [0, 0.05) is 5.88 Å². The van der Waals surface area contributed by atoms with Gasteiger partial charge in [0.25, 0.3) is 0 Å². The SMILES string of the molecule is OC1(/C=C/CCl)CCCCC1. The monoisotopic (exact) mass is 174 g/mol. The van der Waals surface area contributed by atoms with Crippen LogP contribution in [0.15, 0.2) is 12.2 Å². The molecular weight excluding hydrogens is 160 g/mol. The lowest BCUT2D eigenvalue weighted by atomic mass is 9.85. The molecule has 0 atom stereocenters. The number of halogens is 1. The predicted octanol–water partition coefficient (Wildman–Crippen LogP) is 2.48. The van der Waals surface area contributed by atoms with Crippen LogP contribution in [0, 0.1) is 0 Å². The van der Waals surface area contributed by atoms with Crippen LogP contribution in [0.5, 0.6) is 0 Å². The highest BCUT2D eigenvalue weighted by Gasteiger charge is 2.25. The summed E-state index contributed by atoms with van der Waals surface area (Å²) in [5.74, 6) is 0.502. The molecule has 0 unspecified atom stereocenters. The van der Waals surface area contributed by atoms with Gasteiger partial charge in [-0.3, -0.25) is 0 Å². The van der Waals surface area contributed by atoms with Gasteiger partial charge in [-0.1, -0.05) is 31.4 Å². The molecule has 1 N–H and O–H groups in total. The summed E-state index contributed by atoms with van der Waals surface area (Å²) in [5.41, 5.74) is -0.535. The molecule has 2 heteroatoms. The van der Waals surface area contributed by atoms with Gasteiger partial charge >= 0.3 is 0 Å². The van der Waals surface area contributed by atoms with Crippen LogP contribution >= 0.6 is 11.6 Å². The third kappa shape index (κ3) is 2.84. The molecule has 1 rings (SSSR count). The maximum atomic E-state index is 9.86. The molecule has 1 saturated carbocycles. The van der Waals surface area contributed by atoms with Gasteiger partial charge in [-0.15, -0.1) is 11.6 Å². The standard InChI is InChI=1S/C9H15ClO/c10-8-4-7-9(11)5-2-1-3-6-9/h4,7,11H,1-3,5-6,8H2/b7-4+. The van der Waals surface area contributed by atoms with Crippen molar-refractivity contribution in [3.8, 4) is 0 Å². The van der Waals surface area contributed by atoms with Gasteiger partial charge < -0.3 is 5.11 Å². The van der Waals surface area contributed by atoms with Crippen LogP contribution in [0.3, 0.4) is 0 Å². The Morgan fingerprint density at radius 1 is 1.27 bits per heavy atom. The second-order valence-corrected chi connectivity index (χ2v) is 3.53. The number of hydrogen-bond donors (Lipinski definition) is 1. The zero-order valence-corrected chi connectivity index (χ0v) is 7.48. The number of alkyl halides is 1. The summed E-state index contributed by atoms with van der Waals surface area (Å²) in [6, 6.07) is 0. The number of aliphatic hydroxyl groups is 1. The zero-order chi connectivity index (χ0) is 8.16. The molecule has 0 heterocycles. The lowest BCUT2D eigenvalue weighted by Gasteiger charge is -2.28. The van der Waals surface area contributed by atoms with E-state index in [1.165, 1.54) is 6.42 Å². The van der Waals surface area contributed by atoms with Crippen LogP contribution in [-0.4, -0.2) is 16.6 Å². The summed E-state index contributed by atoms with van der Waals surface area (Å²) in [6.07, 6.45) is 9.05. The first-order valence-electron chi connectivity index (χ1n) is 4.23. The molecular formula is C9H15ClO. The molecule has 0 aromatic carbocycles. The average molecular weight is 175 g/mol. The molecule has 0 aromatic rings. The second kappa shape index (κ2) is 4.13. The Hall–Kier alpha value is -0.0100. The molecule has 1 aliphatic carbocycles. The van der Waals surface area contributed by atoms with Gasteiger partial charge in [-0.05, 0) is 12.8 Å². The summed E-state index contributed by atoms with van der Waals surface area (Å²) in [7, 11) is 0. The van der Waals surface area contributed by atoms with Gasteiger partial charge in [0.05, 0.1) is 5.60 Å². The van der Waals surface area contributed by atoms with Gasteiger partial charge in [-0.25, -0.2) is 0 Å². The van der Waals surface area contributed by atoms with Crippen molar-refractivity contribution in [2.75, 3.05) is 5.88 Å². The lowest BCUT2D eigenvalue weighted by Crippen LogP contribution is -2.28. The summed E-state index contributed by atoms with van der Waals surface area (Å²) in [4.78, 5) is 0. The predicted molar refractivity (Wildman–Crippen MR) is 47.9 cm³/mol. The number of allylic oxidation sites excluding steroid dienone is 1. The maximum absolute atomic E-state index is 9.86. The fourth-order valence-electron chi connectivity index (χ4n) is 1.59. The van der Waals surface area contributed by atoms with Crippen molar-refractivity contribution in [2.45, 2.75) is 37.7 Å². The molecule has 0 aliphatic heterocycles.